The van der Waals surface area contributed by atoms with E-state index in [1.54, 1.807) is 12.1 Å². The summed E-state index contributed by atoms with van der Waals surface area (Å²) in [5.74, 6) is 1.38. The van der Waals surface area contributed by atoms with E-state index < -0.39 is 6.10 Å². The summed E-state index contributed by atoms with van der Waals surface area (Å²) in [6.45, 7) is 6.37. The quantitative estimate of drug-likeness (QED) is 0.801. The minimum absolute atomic E-state index is 0.236. The third kappa shape index (κ3) is 3.35. The van der Waals surface area contributed by atoms with Crippen LogP contribution in [0.1, 0.15) is 32.4 Å². The molecule has 1 aliphatic rings. The first-order valence-electron chi connectivity index (χ1n) is 5.94. The minimum atomic E-state index is -0.651. The van der Waals surface area contributed by atoms with Crippen molar-refractivity contribution < 1.29 is 19.4 Å². The van der Waals surface area contributed by atoms with E-state index in [4.69, 9.17) is 14.3 Å². The standard InChI is InChI=1S/C13H19NO4/c1-13(2,3)18-14-7-10(15)9-4-5-11-12(6-9)17-8-16-11/h4-6,10,14-15H,7-8H2,1-3H3. The van der Waals surface area contributed by atoms with E-state index in [1.807, 2.05) is 26.8 Å². The Kier molecular flexibility index (Phi) is 3.75. The second kappa shape index (κ2) is 5.14. The summed E-state index contributed by atoms with van der Waals surface area (Å²) in [7, 11) is 0. The van der Waals surface area contributed by atoms with Gasteiger partial charge in [0.2, 0.25) is 6.79 Å². The van der Waals surface area contributed by atoms with Gasteiger partial charge in [0.15, 0.2) is 11.5 Å². The Morgan fingerprint density at radius 3 is 2.78 bits per heavy atom. The lowest BCUT2D eigenvalue weighted by molar-refractivity contribution is -0.0834. The van der Waals surface area contributed by atoms with Crippen LogP contribution >= 0.6 is 0 Å². The third-order valence-electron chi connectivity index (χ3n) is 2.44. The highest BCUT2D eigenvalue weighted by Crippen LogP contribution is 2.34. The zero-order valence-corrected chi connectivity index (χ0v) is 10.9. The van der Waals surface area contributed by atoms with E-state index in [9.17, 15) is 5.11 Å². The fraction of sp³-hybridized carbons (Fsp3) is 0.538. The fourth-order valence-electron chi connectivity index (χ4n) is 1.58. The third-order valence-corrected chi connectivity index (χ3v) is 2.44. The van der Waals surface area contributed by atoms with Crippen molar-refractivity contribution in [1.29, 1.82) is 0 Å². The molecule has 5 heteroatoms. The topological polar surface area (TPSA) is 60.0 Å². The summed E-state index contributed by atoms with van der Waals surface area (Å²) in [6, 6.07) is 5.40. The van der Waals surface area contributed by atoms with Crippen LogP contribution < -0.4 is 15.0 Å². The molecule has 1 aliphatic heterocycles. The summed E-state index contributed by atoms with van der Waals surface area (Å²) in [5.41, 5.74) is 3.25. The first kappa shape index (κ1) is 13.1. The van der Waals surface area contributed by atoms with Gasteiger partial charge in [-0.1, -0.05) is 6.07 Å². The van der Waals surface area contributed by atoms with Crippen molar-refractivity contribution in [2.75, 3.05) is 13.3 Å². The Bertz CT molecular complexity index is 414. The highest BCUT2D eigenvalue weighted by molar-refractivity contribution is 5.45. The van der Waals surface area contributed by atoms with Gasteiger partial charge in [-0.2, -0.15) is 5.48 Å². The fourth-order valence-corrected chi connectivity index (χ4v) is 1.58. The summed E-state index contributed by atoms with van der Waals surface area (Å²) >= 11 is 0. The van der Waals surface area contributed by atoms with Gasteiger partial charge in [0.1, 0.15) is 0 Å². The Hall–Kier alpha value is -1.30. The SMILES string of the molecule is CC(C)(C)ONCC(O)c1ccc2c(c1)OCO2. The summed E-state index contributed by atoms with van der Waals surface area (Å²) < 4.78 is 10.5. The molecule has 0 aromatic heterocycles. The molecule has 1 heterocycles. The Morgan fingerprint density at radius 2 is 2.06 bits per heavy atom. The van der Waals surface area contributed by atoms with Gasteiger partial charge in [-0.05, 0) is 38.5 Å². The molecule has 1 atom stereocenters. The molecule has 1 unspecified atom stereocenters. The number of aliphatic hydroxyl groups is 1. The number of ether oxygens (including phenoxy) is 2. The van der Waals surface area contributed by atoms with Gasteiger partial charge in [-0.25, -0.2) is 0 Å². The Labute approximate surface area is 107 Å². The molecule has 1 aromatic rings. The van der Waals surface area contributed by atoms with Gasteiger partial charge < -0.3 is 14.6 Å². The van der Waals surface area contributed by atoms with Crippen LogP contribution in [-0.2, 0) is 4.84 Å². The second-order valence-electron chi connectivity index (χ2n) is 5.19. The lowest BCUT2D eigenvalue weighted by atomic mass is 10.1. The molecule has 0 spiro atoms. The summed E-state index contributed by atoms with van der Waals surface area (Å²) in [4.78, 5) is 5.35. The van der Waals surface area contributed by atoms with Gasteiger partial charge in [0.25, 0.3) is 0 Å². The average molecular weight is 253 g/mol. The van der Waals surface area contributed by atoms with Gasteiger partial charge >= 0.3 is 0 Å². The predicted octanol–water partition coefficient (Wildman–Crippen LogP) is 1.77. The second-order valence-corrected chi connectivity index (χ2v) is 5.19. The van der Waals surface area contributed by atoms with Crippen molar-refractivity contribution >= 4 is 0 Å². The molecule has 1 aromatic carbocycles. The van der Waals surface area contributed by atoms with Crippen molar-refractivity contribution in [3.63, 3.8) is 0 Å². The van der Waals surface area contributed by atoms with E-state index in [-0.39, 0.29) is 12.4 Å². The van der Waals surface area contributed by atoms with Crippen molar-refractivity contribution in [2.45, 2.75) is 32.5 Å². The van der Waals surface area contributed by atoms with Gasteiger partial charge in [-0.3, -0.25) is 4.84 Å². The average Bonchev–Trinajstić information content (AvgIpc) is 2.73. The first-order chi connectivity index (χ1) is 8.46. The normalized spacial score (nSPS) is 15.8. The number of hydroxylamine groups is 1. The first-order valence-corrected chi connectivity index (χ1v) is 5.94. The van der Waals surface area contributed by atoms with Crippen molar-refractivity contribution in [1.82, 2.24) is 5.48 Å². The molecular formula is C13H19NO4. The molecular weight excluding hydrogens is 234 g/mol. The zero-order chi connectivity index (χ0) is 13.2. The number of fused-ring (bicyclic) bond motifs is 1. The Morgan fingerprint density at radius 1 is 1.33 bits per heavy atom. The highest BCUT2D eigenvalue weighted by Gasteiger charge is 2.17. The molecule has 2 rings (SSSR count). The molecule has 0 radical (unpaired) electrons. The van der Waals surface area contributed by atoms with Crippen LogP contribution in [0, 0.1) is 0 Å². The maximum Gasteiger partial charge on any atom is 0.231 e. The summed E-state index contributed by atoms with van der Waals surface area (Å²) in [6.07, 6.45) is -0.651. The lowest BCUT2D eigenvalue weighted by Crippen LogP contribution is -2.31. The smallest absolute Gasteiger partial charge is 0.231 e. The largest absolute Gasteiger partial charge is 0.454 e. The van der Waals surface area contributed by atoms with Gasteiger partial charge in [0, 0.05) is 0 Å². The van der Waals surface area contributed by atoms with E-state index in [2.05, 4.69) is 5.48 Å². The van der Waals surface area contributed by atoms with Gasteiger partial charge in [-0.15, -0.1) is 0 Å². The monoisotopic (exact) mass is 253 g/mol. The number of aliphatic hydroxyl groups excluding tert-OH is 1. The van der Waals surface area contributed by atoms with Crippen LogP contribution in [0.2, 0.25) is 0 Å². The molecule has 0 bridgehead atoms. The van der Waals surface area contributed by atoms with Crippen LogP contribution in [0.25, 0.3) is 0 Å². The molecule has 0 saturated heterocycles. The van der Waals surface area contributed by atoms with Crippen LogP contribution in [0.5, 0.6) is 11.5 Å². The van der Waals surface area contributed by atoms with Crippen molar-refractivity contribution in [3.8, 4) is 11.5 Å². The van der Waals surface area contributed by atoms with Crippen LogP contribution in [0.3, 0.4) is 0 Å². The van der Waals surface area contributed by atoms with Crippen LogP contribution in [0.4, 0.5) is 0 Å². The molecule has 5 nitrogen and oxygen atoms in total. The number of benzene rings is 1. The molecule has 100 valence electrons. The molecule has 2 N–H and O–H groups in total. The number of hydrogen-bond donors (Lipinski definition) is 2. The molecule has 0 saturated carbocycles. The maximum atomic E-state index is 10.0. The van der Waals surface area contributed by atoms with Gasteiger partial charge in [0.05, 0.1) is 18.2 Å². The van der Waals surface area contributed by atoms with E-state index >= 15 is 0 Å². The molecule has 0 fully saturated rings. The van der Waals surface area contributed by atoms with E-state index in [0.717, 1.165) is 5.56 Å². The van der Waals surface area contributed by atoms with E-state index in [0.29, 0.717) is 18.0 Å². The number of rotatable bonds is 4. The maximum absolute atomic E-state index is 10.0. The Balaban J connectivity index is 1.91. The molecule has 18 heavy (non-hydrogen) atoms. The lowest BCUT2D eigenvalue weighted by Gasteiger charge is -2.21. The predicted molar refractivity (Wildman–Crippen MR) is 66.4 cm³/mol. The number of hydrogen-bond acceptors (Lipinski definition) is 5. The number of nitrogens with one attached hydrogen (secondary N) is 1. The van der Waals surface area contributed by atoms with Crippen LogP contribution in [-0.4, -0.2) is 24.0 Å². The molecule has 0 amide bonds. The van der Waals surface area contributed by atoms with E-state index in [1.165, 1.54) is 0 Å². The highest BCUT2D eigenvalue weighted by atomic mass is 16.7. The molecule has 0 aliphatic carbocycles. The van der Waals surface area contributed by atoms with Crippen molar-refractivity contribution in [2.24, 2.45) is 0 Å². The van der Waals surface area contributed by atoms with Crippen LogP contribution in [0.15, 0.2) is 18.2 Å². The summed E-state index contributed by atoms with van der Waals surface area (Å²) in [5, 5.41) is 10.0. The zero-order valence-electron chi connectivity index (χ0n) is 10.9. The van der Waals surface area contributed by atoms with Crippen molar-refractivity contribution in [3.05, 3.63) is 23.8 Å². The minimum Gasteiger partial charge on any atom is -0.454 e.